The van der Waals surface area contributed by atoms with E-state index in [4.69, 9.17) is 26.1 Å². The van der Waals surface area contributed by atoms with Gasteiger partial charge in [0, 0.05) is 30.2 Å². The zero-order valence-corrected chi connectivity index (χ0v) is 22.8. The first kappa shape index (κ1) is 26.4. The summed E-state index contributed by atoms with van der Waals surface area (Å²) >= 11 is 5.84. The molecule has 0 bridgehead atoms. The number of pyridine rings is 1. The Bertz CT molecular complexity index is 1460. The van der Waals surface area contributed by atoms with E-state index in [1.165, 1.54) is 7.11 Å². The number of furan rings is 1. The number of rotatable bonds is 9. The number of aromatic nitrogens is 1. The summed E-state index contributed by atoms with van der Waals surface area (Å²) in [6.07, 6.45) is 1.77. The number of ether oxygens (including phenoxy) is 2. The zero-order chi connectivity index (χ0) is 27.4. The quantitative estimate of drug-likeness (QED) is 0.256. The molecule has 0 radical (unpaired) electrons. The zero-order valence-electron chi connectivity index (χ0n) is 22.0. The van der Waals surface area contributed by atoms with E-state index < -0.39 is 0 Å². The molecule has 2 aromatic heterocycles. The fourth-order valence-electron chi connectivity index (χ4n) is 4.73. The molecule has 5 rings (SSSR count). The van der Waals surface area contributed by atoms with E-state index in [1.807, 2.05) is 91.5 Å². The molecule has 200 valence electrons. The lowest BCUT2D eigenvalue weighted by Crippen LogP contribution is -2.29. The number of benzene rings is 2. The van der Waals surface area contributed by atoms with Crippen LogP contribution in [0.1, 0.15) is 36.0 Å². The molecule has 8 nitrogen and oxygen atoms in total. The van der Waals surface area contributed by atoms with Crippen molar-refractivity contribution in [3.8, 4) is 17.1 Å². The van der Waals surface area contributed by atoms with Crippen LogP contribution in [0.25, 0.3) is 11.3 Å². The van der Waals surface area contributed by atoms with Gasteiger partial charge in [-0.05, 0) is 98.4 Å². The average molecular weight is 543 g/mol. The van der Waals surface area contributed by atoms with Gasteiger partial charge < -0.3 is 29.4 Å². The number of nitrogens with zero attached hydrogens (tertiary/aromatic N) is 2. The highest BCUT2D eigenvalue weighted by molar-refractivity contribution is 7.80. The van der Waals surface area contributed by atoms with E-state index in [0.29, 0.717) is 17.4 Å². The number of hydrogen-bond acceptors (Lipinski definition) is 6. The third-order valence-corrected chi connectivity index (χ3v) is 6.82. The van der Waals surface area contributed by atoms with E-state index in [-0.39, 0.29) is 24.6 Å². The molecule has 0 aliphatic carbocycles. The molecule has 0 spiro atoms. The smallest absolute Gasteiger partial charge is 0.250 e. The second kappa shape index (κ2) is 11.7. The van der Waals surface area contributed by atoms with Gasteiger partial charge in [-0.25, -0.2) is 0 Å². The van der Waals surface area contributed by atoms with Gasteiger partial charge in [0.2, 0.25) is 5.91 Å². The van der Waals surface area contributed by atoms with Gasteiger partial charge in [-0.2, -0.15) is 0 Å². The van der Waals surface area contributed by atoms with Gasteiger partial charge in [0.1, 0.15) is 29.9 Å². The normalized spacial score (nSPS) is 16.7. The second-order valence-corrected chi connectivity index (χ2v) is 9.52. The van der Waals surface area contributed by atoms with Crippen molar-refractivity contribution < 1.29 is 18.7 Å². The van der Waals surface area contributed by atoms with E-state index in [1.54, 1.807) is 6.20 Å². The fraction of sp³-hybridized carbons (Fsp3) is 0.233. The predicted molar refractivity (Wildman–Crippen MR) is 155 cm³/mol. The summed E-state index contributed by atoms with van der Waals surface area (Å²) < 4.78 is 17.0. The molecule has 0 saturated carbocycles. The SMILES string of the molecule is CCOc1ccc(-c2ccc([C@@H]3[C@H](c4ccccn4)NC(=S)N3c3ccc(NC(=O)COC)c(C)c3)o2)cc1. The minimum atomic E-state index is -0.294. The van der Waals surface area contributed by atoms with Gasteiger partial charge in [0.15, 0.2) is 5.11 Å². The number of carbonyl (C=O) groups excluding carboxylic acids is 1. The number of methoxy groups -OCH3 is 1. The van der Waals surface area contributed by atoms with E-state index in [9.17, 15) is 4.79 Å². The molecule has 1 aliphatic rings. The summed E-state index contributed by atoms with van der Waals surface area (Å²) in [5, 5.41) is 6.90. The van der Waals surface area contributed by atoms with Crippen molar-refractivity contribution in [2.45, 2.75) is 25.9 Å². The van der Waals surface area contributed by atoms with Crippen LogP contribution in [0.4, 0.5) is 11.4 Å². The molecule has 2 N–H and O–H groups in total. The fourth-order valence-corrected chi connectivity index (χ4v) is 5.07. The van der Waals surface area contributed by atoms with Crippen molar-refractivity contribution in [2.75, 3.05) is 30.5 Å². The topological polar surface area (TPSA) is 88.9 Å². The Morgan fingerprint density at radius 2 is 1.95 bits per heavy atom. The Labute approximate surface area is 233 Å². The van der Waals surface area contributed by atoms with Crippen LogP contribution in [0.5, 0.6) is 5.75 Å². The van der Waals surface area contributed by atoms with Crippen LogP contribution in [0.15, 0.2) is 83.4 Å². The summed E-state index contributed by atoms with van der Waals surface area (Å²) in [7, 11) is 1.49. The number of amides is 1. The lowest BCUT2D eigenvalue weighted by molar-refractivity contribution is -0.119. The number of carbonyl (C=O) groups is 1. The molecular weight excluding hydrogens is 512 g/mol. The molecule has 39 heavy (non-hydrogen) atoms. The lowest BCUT2D eigenvalue weighted by atomic mass is 10.0. The minimum Gasteiger partial charge on any atom is -0.494 e. The largest absolute Gasteiger partial charge is 0.494 e. The average Bonchev–Trinajstić information content (AvgIpc) is 3.56. The second-order valence-electron chi connectivity index (χ2n) is 9.14. The highest BCUT2D eigenvalue weighted by Gasteiger charge is 2.42. The van der Waals surface area contributed by atoms with Gasteiger partial charge in [-0.1, -0.05) is 6.07 Å². The van der Waals surface area contributed by atoms with Crippen LogP contribution in [0, 0.1) is 6.92 Å². The first-order valence-electron chi connectivity index (χ1n) is 12.7. The number of hydrogen-bond donors (Lipinski definition) is 2. The molecule has 1 amide bonds. The van der Waals surface area contributed by atoms with Crippen LogP contribution in [0.2, 0.25) is 0 Å². The van der Waals surface area contributed by atoms with E-state index in [0.717, 1.165) is 39.8 Å². The third kappa shape index (κ3) is 5.64. The Balaban J connectivity index is 1.50. The molecule has 1 aliphatic heterocycles. The minimum absolute atomic E-state index is 0.00959. The van der Waals surface area contributed by atoms with Crippen molar-refractivity contribution in [3.63, 3.8) is 0 Å². The molecule has 4 aromatic rings. The van der Waals surface area contributed by atoms with Gasteiger partial charge in [0.25, 0.3) is 0 Å². The van der Waals surface area contributed by atoms with Crippen LogP contribution < -0.4 is 20.3 Å². The molecule has 9 heteroatoms. The van der Waals surface area contributed by atoms with Gasteiger partial charge in [-0.3, -0.25) is 9.78 Å². The van der Waals surface area contributed by atoms with Crippen molar-refractivity contribution in [1.82, 2.24) is 10.3 Å². The number of aryl methyl sites for hydroxylation is 1. The summed E-state index contributed by atoms with van der Waals surface area (Å²) in [6.45, 7) is 4.51. The van der Waals surface area contributed by atoms with Crippen LogP contribution >= 0.6 is 12.2 Å². The number of nitrogens with one attached hydrogen (secondary N) is 2. The highest BCUT2D eigenvalue weighted by atomic mass is 32.1. The maximum Gasteiger partial charge on any atom is 0.250 e. The van der Waals surface area contributed by atoms with Gasteiger partial charge >= 0.3 is 0 Å². The molecule has 1 fully saturated rings. The van der Waals surface area contributed by atoms with Crippen LogP contribution in [-0.4, -0.2) is 36.3 Å². The Morgan fingerprint density at radius 1 is 1.13 bits per heavy atom. The van der Waals surface area contributed by atoms with Crippen molar-refractivity contribution in [1.29, 1.82) is 0 Å². The molecule has 1 saturated heterocycles. The summed E-state index contributed by atoms with van der Waals surface area (Å²) in [6, 6.07) is 22.9. The number of anilines is 2. The molecule has 0 unspecified atom stereocenters. The third-order valence-electron chi connectivity index (χ3n) is 6.50. The highest BCUT2D eigenvalue weighted by Crippen LogP contribution is 2.43. The van der Waals surface area contributed by atoms with E-state index >= 15 is 0 Å². The van der Waals surface area contributed by atoms with Gasteiger partial charge in [-0.15, -0.1) is 0 Å². The maximum absolute atomic E-state index is 12.1. The molecule has 3 heterocycles. The Hall–Kier alpha value is -4.21. The summed E-state index contributed by atoms with van der Waals surface area (Å²) in [5.74, 6) is 2.10. The molecular formula is C30H30N4O4S. The Kier molecular flexibility index (Phi) is 7.90. The number of thiocarbonyl (C=S) groups is 1. The molecule has 2 atom stereocenters. The van der Waals surface area contributed by atoms with Crippen LogP contribution in [0.3, 0.4) is 0 Å². The lowest BCUT2D eigenvalue weighted by Gasteiger charge is -2.26. The summed E-state index contributed by atoms with van der Waals surface area (Å²) in [4.78, 5) is 18.7. The van der Waals surface area contributed by atoms with Crippen molar-refractivity contribution in [3.05, 3.63) is 96.0 Å². The van der Waals surface area contributed by atoms with E-state index in [2.05, 4.69) is 15.6 Å². The summed E-state index contributed by atoms with van der Waals surface area (Å²) in [5.41, 5.74) is 4.29. The predicted octanol–water partition coefficient (Wildman–Crippen LogP) is 5.81. The van der Waals surface area contributed by atoms with Crippen molar-refractivity contribution >= 4 is 34.6 Å². The first-order valence-corrected chi connectivity index (χ1v) is 13.1. The monoisotopic (exact) mass is 542 g/mol. The van der Waals surface area contributed by atoms with Crippen LogP contribution in [-0.2, 0) is 9.53 Å². The first-order chi connectivity index (χ1) is 19.0. The molecule has 2 aromatic carbocycles. The maximum atomic E-state index is 12.1. The van der Waals surface area contributed by atoms with Gasteiger partial charge in [0.05, 0.1) is 18.3 Å². The van der Waals surface area contributed by atoms with Crippen molar-refractivity contribution in [2.24, 2.45) is 0 Å². The standard InChI is InChI=1S/C30H30N4O4S/c1-4-37-22-11-8-20(9-12-22)25-14-15-26(38-25)29-28(24-7-5-6-16-31-24)33-30(39)34(29)21-10-13-23(19(2)17-21)32-27(35)18-36-3/h5-17,28-29H,4,18H2,1-3H3,(H,32,35)(H,33,39)/t28-,29+/m0/s1. The Morgan fingerprint density at radius 3 is 2.64 bits per heavy atom.